The molecule has 1 N–H and O–H groups in total. The van der Waals surface area contributed by atoms with Crippen LogP contribution in [-0.4, -0.2) is 65.0 Å². The maximum absolute atomic E-state index is 5.79. The van der Waals surface area contributed by atoms with Crippen molar-refractivity contribution in [3.05, 3.63) is 41.5 Å². The first-order valence-electron chi connectivity index (χ1n) is 11.9. The van der Waals surface area contributed by atoms with Gasteiger partial charge in [0.25, 0.3) is 0 Å². The van der Waals surface area contributed by atoms with E-state index in [0.29, 0.717) is 6.54 Å². The predicted octanol–water partition coefficient (Wildman–Crippen LogP) is 3.49. The quantitative estimate of drug-likeness (QED) is 0.314. The summed E-state index contributed by atoms with van der Waals surface area (Å²) in [5.74, 6) is 2.62. The van der Waals surface area contributed by atoms with E-state index in [2.05, 4.69) is 56.6 Å². The van der Waals surface area contributed by atoms with Gasteiger partial charge in [0.1, 0.15) is 12.4 Å². The smallest absolute Gasteiger partial charge is 0.194 e. The van der Waals surface area contributed by atoms with Gasteiger partial charge in [-0.15, -0.1) is 34.2 Å². The highest BCUT2D eigenvalue weighted by molar-refractivity contribution is 14.0. The van der Waals surface area contributed by atoms with Crippen molar-refractivity contribution in [1.82, 2.24) is 25.0 Å². The number of aromatic nitrogens is 3. The zero-order valence-electron chi connectivity index (χ0n) is 20.2. The molecule has 2 aromatic rings. The number of anilines is 1. The molecule has 3 heterocycles. The zero-order valence-corrected chi connectivity index (χ0v) is 22.5. The molecule has 182 valence electrons. The van der Waals surface area contributed by atoms with E-state index < -0.39 is 0 Å². The van der Waals surface area contributed by atoms with Gasteiger partial charge in [0.15, 0.2) is 11.8 Å². The summed E-state index contributed by atoms with van der Waals surface area (Å²) < 4.78 is 7.78. The van der Waals surface area contributed by atoms with Gasteiger partial charge in [-0.25, -0.2) is 4.99 Å². The highest BCUT2D eigenvalue weighted by Crippen LogP contribution is 2.20. The molecule has 1 unspecified atom stereocenters. The van der Waals surface area contributed by atoms with Crippen molar-refractivity contribution < 1.29 is 4.74 Å². The predicted molar refractivity (Wildman–Crippen MR) is 143 cm³/mol. The lowest BCUT2D eigenvalue weighted by Crippen LogP contribution is -2.42. The van der Waals surface area contributed by atoms with Crippen molar-refractivity contribution in [2.75, 3.05) is 38.2 Å². The Hall–Kier alpha value is -1.88. The molecule has 2 fully saturated rings. The molecule has 2 aliphatic heterocycles. The second-order valence-corrected chi connectivity index (χ2v) is 8.95. The lowest BCUT2D eigenvalue weighted by Gasteiger charge is -2.29. The fourth-order valence-corrected chi connectivity index (χ4v) is 4.37. The number of halogens is 1. The molecular formula is C24H38IN7O. The number of ether oxygens (including phenoxy) is 1. The minimum atomic E-state index is 0. The van der Waals surface area contributed by atoms with Crippen LogP contribution >= 0.6 is 24.0 Å². The third-order valence-electron chi connectivity index (χ3n) is 6.50. The van der Waals surface area contributed by atoms with Crippen molar-refractivity contribution >= 4 is 35.6 Å². The standard InChI is InChI=1S/C24H37N7O.HI/c1-19-27-28-23(30(19)3)17-26-24(25-16-22-8-7-15-32-22)29(2)18-20-9-11-21(12-10-20)31-13-5-4-6-14-31;/h9-12,22H,4-8,13-18H2,1-3H3,(H,25,26);1H. The minimum Gasteiger partial charge on any atom is -0.376 e. The molecule has 0 spiro atoms. The van der Waals surface area contributed by atoms with Gasteiger partial charge in [-0.05, 0) is 56.7 Å². The molecular weight excluding hydrogens is 529 g/mol. The van der Waals surface area contributed by atoms with Crippen LogP contribution in [0.4, 0.5) is 5.69 Å². The number of hydrogen-bond donors (Lipinski definition) is 1. The van der Waals surface area contributed by atoms with E-state index in [-0.39, 0.29) is 30.1 Å². The van der Waals surface area contributed by atoms with Gasteiger partial charge in [-0.2, -0.15) is 0 Å². The lowest BCUT2D eigenvalue weighted by molar-refractivity contribution is 0.113. The van der Waals surface area contributed by atoms with E-state index in [1.165, 1.54) is 43.6 Å². The molecule has 0 bridgehead atoms. The highest BCUT2D eigenvalue weighted by Gasteiger charge is 2.17. The monoisotopic (exact) mass is 567 g/mol. The van der Waals surface area contributed by atoms with Crippen molar-refractivity contribution in [2.24, 2.45) is 12.0 Å². The highest BCUT2D eigenvalue weighted by atomic mass is 127. The van der Waals surface area contributed by atoms with Gasteiger partial charge >= 0.3 is 0 Å². The van der Waals surface area contributed by atoms with Crippen LogP contribution in [-0.2, 0) is 24.9 Å². The molecule has 33 heavy (non-hydrogen) atoms. The largest absolute Gasteiger partial charge is 0.376 e. The van der Waals surface area contributed by atoms with Crippen LogP contribution in [0.5, 0.6) is 0 Å². The Morgan fingerprint density at radius 1 is 1.15 bits per heavy atom. The van der Waals surface area contributed by atoms with E-state index in [4.69, 9.17) is 9.73 Å². The van der Waals surface area contributed by atoms with Gasteiger partial charge in [0.2, 0.25) is 0 Å². The van der Waals surface area contributed by atoms with Crippen molar-refractivity contribution in [3.63, 3.8) is 0 Å². The molecule has 4 rings (SSSR count). The van der Waals surface area contributed by atoms with Crippen LogP contribution in [0, 0.1) is 6.92 Å². The van der Waals surface area contributed by atoms with E-state index in [1.54, 1.807) is 0 Å². The third-order valence-corrected chi connectivity index (χ3v) is 6.50. The maximum atomic E-state index is 5.79. The number of guanidine groups is 1. The summed E-state index contributed by atoms with van der Waals surface area (Å²) in [6.45, 7) is 7.20. The van der Waals surface area contributed by atoms with Crippen LogP contribution in [0.25, 0.3) is 0 Å². The molecule has 0 amide bonds. The van der Waals surface area contributed by atoms with E-state index >= 15 is 0 Å². The minimum absolute atomic E-state index is 0. The third kappa shape index (κ3) is 7.05. The molecule has 1 aromatic carbocycles. The Kier molecular flexibility index (Phi) is 9.78. The molecule has 2 aliphatic rings. The average molecular weight is 568 g/mol. The van der Waals surface area contributed by atoms with Crippen LogP contribution in [0.3, 0.4) is 0 Å². The Bertz CT molecular complexity index is 887. The number of rotatable bonds is 7. The summed E-state index contributed by atoms with van der Waals surface area (Å²) in [4.78, 5) is 9.53. The van der Waals surface area contributed by atoms with Gasteiger partial charge in [-0.3, -0.25) is 0 Å². The van der Waals surface area contributed by atoms with Crippen molar-refractivity contribution in [1.29, 1.82) is 0 Å². The molecule has 9 heteroatoms. The average Bonchev–Trinajstić information content (AvgIpc) is 3.45. The maximum Gasteiger partial charge on any atom is 0.194 e. The summed E-state index contributed by atoms with van der Waals surface area (Å²) in [6.07, 6.45) is 6.45. The van der Waals surface area contributed by atoms with Crippen LogP contribution in [0.15, 0.2) is 29.3 Å². The Morgan fingerprint density at radius 2 is 1.91 bits per heavy atom. The Labute approximate surface area is 214 Å². The Morgan fingerprint density at radius 3 is 2.55 bits per heavy atom. The SMILES string of the molecule is Cc1nnc(CN=C(NCC2CCCO2)N(C)Cc2ccc(N3CCCCC3)cc2)n1C.I. The van der Waals surface area contributed by atoms with E-state index in [0.717, 1.165) is 50.1 Å². The zero-order chi connectivity index (χ0) is 22.3. The van der Waals surface area contributed by atoms with Gasteiger partial charge < -0.3 is 24.4 Å². The molecule has 2 saturated heterocycles. The van der Waals surface area contributed by atoms with Crippen LogP contribution in [0.1, 0.15) is 49.3 Å². The lowest BCUT2D eigenvalue weighted by atomic mass is 10.1. The first-order chi connectivity index (χ1) is 15.6. The van der Waals surface area contributed by atoms with Crippen molar-refractivity contribution in [3.8, 4) is 0 Å². The number of aryl methyl sites for hydroxylation is 1. The summed E-state index contributed by atoms with van der Waals surface area (Å²) in [5.41, 5.74) is 2.61. The summed E-state index contributed by atoms with van der Waals surface area (Å²) in [7, 11) is 4.06. The second-order valence-electron chi connectivity index (χ2n) is 8.95. The normalized spacial score (nSPS) is 18.8. The fraction of sp³-hybridized carbons (Fsp3) is 0.625. The van der Waals surface area contributed by atoms with E-state index in [1.807, 2.05) is 18.5 Å². The second kappa shape index (κ2) is 12.5. The number of nitrogens with one attached hydrogen (secondary N) is 1. The fourth-order valence-electron chi connectivity index (χ4n) is 4.37. The van der Waals surface area contributed by atoms with Crippen LogP contribution < -0.4 is 10.2 Å². The number of benzene rings is 1. The molecule has 1 atom stereocenters. The summed E-state index contributed by atoms with van der Waals surface area (Å²) >= 11 is 0. The molecule has 0 radical (unpaired) electrons. The number of nitrogens with zero attached hydrogens (tertiary/aromatic N) is 6. The first-order valence-corrected chi connectivity index (χ1v) is 11.9. The Balaban J connectivity index is 0.00000306. The number of aliphatic imine (C=N–C) groups is 1. The summed E-state index contributed by atoms with van der Waals surface area (Å²) in [5, 5.41) is 11.9. The molecule has 0 aliphatic carbocycles. The van der Waals surface area contributed by atoms with Gasteiger partial charge in [-0.1, -0.05) is 12.1 Å². The number of piperidine rings is 1. The van der Waals surface area contributed by atoms with Gasteiger partial charge in [0, 0.05) is 52.6 Å². The van der Waals surface area contributed by atoms with Crippen LogP contribution in [0.2, 0.25) is 0 Å². The molecule has 1 aromatic heterocycles. The topological polar surface area (TPSA) is 70.8 Å². The van der Waals surface area contributed by atoms with Gasteiger partial charge in [0.05, 0.1) is 6.10 Å². The number of hydrogen-bond acceptors (Lipinski definition) is 5. The van der Waals surface area contributed by atoms with E-state index in [9.17, 15) is 0 Å². The first kappa shape index (κ1) is 25.7. The van der Waals surface area contributed by atoms with Crippen molar-refractivity contribution in [2.45, 2.75) is 58.2 Å². The molecule has 8 nitrogen and oxygen atoms in total. The summed E-state index contributed by atoms with van der Waals surface area (Å²) in [6, 6.07) is 9.00. The molecule has 0 saturated carbocycles.